The molecule has 0 radical (unpaired) electrons. The van der Waals surface area contributed by atoms with Crippen molar-refractivity contribution in [2.45, 2.75) is 6.92 Å². The summed E-state index contributed by atoms with van der Waals surface area (Å²) in [5, 5.41) is 13.4. The molecule has 2 rings (SSSR count). The zero-order chi connectivity index (χ0) is 17.1. The number of nitrogens with zero attached hydrogens (tertiary/aromatic N) is 2. The highest BCUT2D eigenvalue weighted by Gasteiger charge is 2.25. The fraction of sp³-hybridized carbons (Fsp3) is 0.188. The topological polar surface area (TPSA) is 63.5 Å². The van der Waals surface area contributed by atoms with Crippen LogP contribution in [0.3, 0.4) is 0 Å². The van der Waals surface area contributed by atoms with Crippen LogP contribution < -0.4 is 0 Å². The first-order valence-electron chi connectivity index (χ1n) is 6.72. The Kier molecular flexibility index (Phi) is 5.18. The molecule has 0 saturated heterocycles. The largest absolute Gasteiger partial charge is 0.383 e. The molecule has 0 amide bonds. The summed E-state index contributed by atoms with van der Waals surface area (Å²) in [6.07, 6.45) is 1.59. The van der Waals surface area contributed by atoms with Gasteiger partial charge in [0.2, 0.25) is 5.78 Å². The van der Waals surface area contributed by atoms with Gasteiger partial charge in [0, 0.05) is 31.4 Å². The first kappa shape index (κ1) is 17.2. The fourth-order valence-electron chi connectivity index (χ4n) is 2.12. The lowest BCUT2D eigenvalue weighted by Crippen LogP contribution is -2.10. The Morgan fingerprint density at radius 3 is 2.57 bits per heavy atom. The monoisotopic (exact) mass is 350 g/mol. The molecule has 0 atom stereocenters. The van der Waals surface area contributed by atoms with Crippen molar-refractivity contribution in [3.8, 4) is 0 Å². The van der Waals surface area contributed by atoms with Crippen LogP contribution in [0.25, 0.3) is 5.57 Å². The molecule has 0 fully saturated rings. The number of hydrogen-bond acceptors (Lipinski definition) is 5. The Hall–Kier alpha value is -2.18. The molecule has 0 aliphatic rings. The van der Waals surface area contributed by atoms with Crippen LogP contribution in [0, 0.1) is 17.0 Å². The maximum atomic E-state index is 12.9. The third-order valence-electron chi connectivity index (χ3n) is 3.15. The van der Waals surface area contributed by atoms with Gasteiger partial charge in [-0.3, -0.25) is 14.9 Å². The van der Waals surface area contributed by atoms with E-state index in [4.69, 9.17) is 11.6 Å². The second-order valence-corrected chi connectivity index (χ2v) is 6.54. The number of nitro groups is 1. The number of nitro benzene ring substituents is 1. The molecule has 0 aliphatic carbocycles. The number of rotatable bonds is 5. The van der Waals surface area contributed by atoms with Gasteiger partial charge in [-0.1, -0.05) is 11.6 Å². The Morgan fingerprint density at radius 2 is 2.04 bits per heavy atom. The van der Waals surface area contributed by atoms with Gasteiger partial charge in [-0.05, 0) is 36.1 Å². The van der Waals surface area contributed by atoms with Crippen LogP contribution in [0.4, 0.5) is 5.69 Å². The lowest BCUT2D eigenvalue weighted by Gasteiger charge is -2.12. The van der Waals surface area contributed by atoms with Crippen molar-refractivity contribution in [2.24, 2.45) is 0 Å². The maximum absolute atomic E-state index is 12.9. The summed E-state index contributed by atoms with van der Waals surface area (Å²) in [5.41, 5.74) is 1.18. The summed E-state index contributed by atoms with van der Waals surface area (Å²) in [7, 11) is 3.52. The maximum Gasteiger partial charge on any atom is 0.278 e. The molecule has 0 unspecified atom stereocenters. The van der Waals surface area contributed by atoms with Crippen molar-refractivity contribution in [1.29, 1.82) is 0 Å². The van der Waals surface area contributed by atoms with E-state index in [0.717, 1.165) is 5.56 Å². The van der Waals surface area contributed by atoms with Crippen LogP contribution in [0.5, 0.6) is 0 Å². The van der Waals surface area contributed by atoms with Crippen molar-refractivity contribution < 1.29 is 9.72 Å². The van der Waals surface area contributed by atoms with E-state index < -0.39 is 4.92 Å². The Bertz CT molecular complexity index is 796. The Morgan fingerprint density at radius 1 is 1.35 bits per heavy atom. The normalized spacial score (nSPS) is 11.4. The molecular formula is C16H15ClN2O3S. The molecular weight excluding hydrogens is 336 g/mol. The van der Waals surface area contributed by atoms with Gasteiger partial charge < -0.3 is 4.90 Å². The molecule has 23 heavy (non-hydrogen) atoms. The molecule has 0 aliphatic heterocycles. The smallest absolute Gasteiger partial charge is 0.278 e. The summed E-state index contributed by atoms with van der Waals surface area (Å²) in [4.78, 5) is 26.0. The molecule has 120 valence electrons. The summed E-state index contributed by atoms with van der Waals surface area (Å²) in [6.45, 7) is 1.84. The predicted molar refractivity (Wildman–Crippen MR) is 93.2 cm³/mol. The van der Waals surface area contributed by atoms with Crippen molar-refractivity contribution in [3.05, 3.63) is 67.0 Å². The number of aryl methyl sites for hydroxylation is 1. The molecule has 0 N–H and O–H groups in total. The number of carbonyl (C=O) groups is 1. The van der Waals surface area contributed by atoms with Crippen molar-refractivity contribution in [2.75, 3.05) is 14.1 Å². The van der Waals surface area contributed by atoms with Gasteiger partial charge in [-0.25, -0.2) is 0 Å². The van der Waals surface area contributed by atoms with Gasteiger partial charge in [0.05, 0.1) is 20.9 Å². The third kappa shape index (κ3) is 3.78. The van der Waals surface area contributed by atoms with Crippen LogP contribution in [-0.4, -0.2) is 29.7 Å². The number of carbonyl (C=O) groups excluding carboxylic acids is 1. The average Bonchev–Trinajstić information content (AvgIpc) is 2.90. The second-order valence-electron chi connectivity index (χ2n) is 5.19. The van der Waals surface area contributed by atoms with Crippen LogP contribution in [0.15, 0.2) is 35.8 Å². The molecule has 1 heterocycles. The highest BCUT2D eigenvalue weighted by molar-refractivity contribution is 7.12. The molecule has 0 saturated carbocycles. The zero-order valence-corrected chi connectivity index (χ0v) is 14.4. The van der Waals surface area contributed by atoms with Crippen molar-refractivity contribution >= 4 is 40.0 Å². The van der Waals surface area contributed by atoms with Crippen LogP contribution in [-0.2, 0) is 0 Å². The number of halogens is 1. The third-order valence-corrected chi connectivity index (χ3v) is 4.40. The van der Waals surface area contributed by atoms with E-state index in [9.17, 15) is 14.9 Å². The van der Waals surface area contributed by atoms with Crippen molar-refractivity contribution in [1.82, 2.24) is 4.90 Å². The predicted octanol–water partition coefficient (Wildman–Crippen LogP) is 4.40. The van der Waals surface area contributed by atoms with E-state index in [1.807, 2.05) is 18.4 Å². The van der Waals surface area contributed by atoms with Gasteiger partial charge >= 0.3 is 0 Å². The lowest BCUT2D eigenvalue weighted by molar-refractivity contribution is -0.385. The fourth-order valence-corrected chi connectivity index (χ4v) is 3.17. The minimum absolute atomic E-state index is 0.187. The van der Waals surface area contributed by atoms with Gasteiger partial charge in [0.1, 0.15) is 0 Å². The first-order chi connectivity index (χ1) is 10.8. The van der Waals surface area contributed by atoms with Gasteiger partial charge in [-0.2, -0.15) is 0 Å². The molecule has 0 spiro atoms. The minimum Gasteiger partial charge on any atom is -0.383 e. The lowest BCUT2D eigenvalue weighted by atomic mass is 9.98. The van der Waals surface area contributed by atoms with Crippen LogP contribution >= 0.6 is 22.9 Å². The first-order valence-corrected chi connectivity index (χ1v) is 7.98. The van der Waals surface area contributed by atoms with Crippen LogP contribution in [0.2, 0.25) is 5.02 Å². The van der Waals surface area contributed by atoms with E-state index in [-0.39, 0.29) is 27.6 Å². The SMILES string of the molecule is Cc1ccsc1C(=O)/C(=C/N(C)C)c1ccc(Cl)cc1[N+](=O)[O-]. The standard InChI is InChI=1S/C16H15ClN2O3S/c1-10-6-7-23-16(10)15(20)13(9-18(2)3)12-5-4-11(17)8-14(12)19(21)22/h4-9H,1-3H3/b13-9+. The van der Waals surface area contributed by atoms with E-state index in [0.29, 0.717) is 4.88 Å². The molecule has 1 aromatic heterocycles. The summed E-state index contributed by atoms with van der Waals surface area (Å²) < 4.78 is 0. The van der Waals surface area contributed by atoms with Gasteiger partial charge in [-0.15, -0.1) is 11.3 Å². The molecule has 5 nitrogen and oxygen atoms in total. The Labute approximate surface area is 143 Å². The summed E-state index contributed by atoms with van der Waals surface area (Å²) in [5.74, 6) is -0.239. The zero-order valence-electron chi connectivity index (χ0n) is 12.9. The highest BCUT2D eigenvalue weighted by atomic mass is 35.5. The number of hydrogen-bond donors (Lipinski definition) is 0. The Balaban J connectivity index is 2.64. The molecule has 7 heteroatoms. The van der Waals surface area contributed by atoms with E-state index in [2.05, 4.69) is 0 Å². The van der Waals surface area contributed by atoms with E-state index >= 15 is 0 Å². The van der Waals surface area contributed by atoms with Crippen molar-refractivity contribution in [3.63, 3.8) is 0 Å². The average molecular weight is 351 g/mol. The number of ketones is 1. The quantitative estimate of drug-likeness (QED) is 0.347. The number of thiophene rings is 1. The number of allylic oxidation sites excluding steroid dienone is 1. The molecule has 1 aromatic carbocycles. The second kappa shape index (κ2) is 6.93. The van der Waals surface area contributed by atoms with Crippen LogP contribution in [0.1, 0.15) is 20.8 Å². The van der Waals surface area contributed by atoms with Gasteiger partial charge in [0.15, 0.2) is 0 Å². The van der Waals surface area contributed by atoms with E-state index in [1.165, 1.54) is 23.5 Å². The number of benzene rings is 1. The van der Waals surface area contributed by atoms with Gasteiger partial charge in [0.25, 0.3) is 5.69 Å². The number of Topliss-reactive ketones (excluding diaryl/α,β-unsaturated/α-hetero) is 1. The molecule has 2 aromatic rings. The molecule has 0 bridgehead atoms. The minimum atomic E-state index is -0.528. The summed E-state index contributed by atoms with van der Waals surface area (Å²) in [6, 6.07) is 6.16. The highest BCUT2D eigenvalue weighted by Crippen LogP contribution is 2.33. The summed E-state index contributed by atoms with van der Waals surface area (Å²) >= 11 is 7.18. The van der Waals surface area contributed by atoms with E-state index in [1.54, 1.807) is 31.3 Å².